The fraction of sp³-hybridized carbons (Fsp3) is 0.167. The van der Waals surface area contributed by atoms with Crippen molar-refractivity contribution < 1.29 is 0 Å². The van der Waals surface area contributed by atoms with Crippen LogP contribution in [0.2, 0.25) is 0 Å². The molecule has 0 radical (unpaired) electrons. The van der Waals surface area contributed by atoms with Gasteiger partial charge in [0.25, 0.3) is 0 Å². The van der Waals surface area contributed by atoms with Crippen molar-refractivity contribution in [2.24, 2.45) is 0 Å². The third-order valence-electron chi connectivity index (χ3n) is 1.03. The van der Waals surface area contributed by atoms with Gasteiger partial charge >= 0.3 is 0 Å². The standard InChI is InChI=1S/C6H8N2S2/c9-8(10)5-6-3-1-2-4-7-6/h1-4,9-10H,5H2. The van der Waals surface area contributed by atoms with E-state index in [1.807, 2.05) is 18.2 Å². The van der Waals surface area contributed by atoms with E-state index in [-0.39, 0.29) is 0 Å². The van der Waals surface area contributed by atoms with Crippen molar-refractivity contribution in [3.8, 4) is 0 Å². The molecule has 54 valence electrons. The Bertz CT molecular complexity index is 188. The molecule has 0 fully saturated rings. The van der Waals surface area contributed by atoms with E-state index in [1.54, 1.807) is 6.20 Å². The molecule has 0 aliphatic carbocycles. The van der Waals surface area contributed by atoms with Gasteiger partial charge in [0.1, 0.15) is 0 Å². The topological polar surface area (TPSA) is 16.1 Å². The zero-order valence-electron chi connectivity index (χ0n) is 5.31. The first-order valence-corrected chi connectivity index (χ1v) is 3.64. The molecular weight excluding hydrogens is 164 g/mol. The van der Waals surface area contributed by atoms with Gasteiger partial charge < -0.3 is 0 Å². The second-order valence-electron chi connectivity index (χ2n) is 1.85. The molecule has 0 unspecified atom stereocenters. The summed E-state index contributed by atoms with van der Waals surface area (Å²) in [4.78, 5) is 4.08. The molecule has 1 aromatic rings. The highest BCUT2D eigenvalue weighted by atomic mass is 32.2. The molecule has 0 bridgehead atoms. The molecule has 0 saturated heterocycles. The number of thiol groups is 2. The molecule has 1 aromatic heterocycles. The number of aromatic nitrogens is 1. The highest BCUT2D eigenvalue weighted by molar-refractivity contribution is 7.93. The molecule has 0 N–H and O–H groups in total. The average molecular weight is 172 g/mol. The van der Waals surface area contributed by atoms with Crippen LogP contribution in [0.25, 0.3) is 0 Å². The lowest BCUT2D eigenvalue weighted by Crippen LogP contribution is -1.99. The molecule has 0 amide bonds. The van der Waals surface area contributed by atoms with Crippen molar-refractivity contribution in [3.05, 3.63) is 30.1 Å². The van der Waals surface area contributed by atoms with Crippen LogP contribution < -0.4 is 0 Å². The predicted molar refractivity (Wildman–Crippen MR) is 47.8 cm³/mol. The van der Waals surface area contributed by atoms with Crippen molar-refractivity contribution in [1.29, 1.82) is 0 Å². The lowest BCUT2D eigenvalue weighted by molar-refractivity contribution is 0.735. The van der Waals surface area contributed by atoms with E-state index < -0.39 is 0 Å². The molecule has 1 rings (SSSR count). The maximum absolute atomic E-state index is 4.08. The van der Waals surface area contributed by atoms with Crippen LogP contribution in [-0.4, -0.2) is 8.69 Å². The summed E-state index contributed by atoms with van der Waals surface area (Å²) >= 11 is 7.93. The van der Waals surface area contributed by atoms with Crippen molar-refractivity contribution in [1.82, 2.24) is 8.69 Å². The van der Waals surface area contributed by atoms with E-state index in [4.69, 9.17) is 0 Å². The Morgan fingerprint density at radius 3 is 2.70 bits per heavy atom. The quantitative estimate of drug-likeness (QED) is 0.659. The molecule has 0 aromatic carbocycles. The number of nitrogens with zero attached hydrogens (tertiary/aromatic N) is 2. The van der Waals surface area contributed by atoms with Crippen LogP contribution in [0.5, 0.6) is 0 Å². The second kappa shape index (κ2) is 3.85. The Kier molecular flexibility index (Phi) is 3.05. The van der Waals surface area contributed by atoms with Gasteiger partial charge in [0.15, 0.2) is 0 Å². The zero-order chi connectivity index (χ0) is 7.40. The van der Waals surface area contributed by atoms with Crippen LogP contribution >= 0.6 is 25.6 Å². The predicted octanol–water partition coefficient (Wildman–Crippen LogP) is 1.57. The lowest BCUT2D eigenvalue weighted by Gasteiger charge is -2.04. The molecule has 0 atom stereocenters. The van der Waals surface area contributed by atoms with E-state index in [0.29, 0.717) is 6.54 Å². The fourth-order valence-electron chi connectivity index (χ4n) is 0.637. The summed E-state index contributed by atoms with van der Waals surface area (Å²) in [5.74, 6) is 0. The largest absolute Gasteiger partial charge is 0.260 e. The van der Waals surface area contributed by atoms with Gasteiger partial charge in [-0.2, -0.15) is 3.71 Å². The molecule has 10 heavy (non-hydrogen) atoms. The van der Waals surface area contributed by atoms with E-state index >= 15 is 0 Å². The number of pyridine rings is 1. The first-order valence-electron chi connectivity index (χ1n) is 2.84. The minimum absolute atomic E-state index is 0.646. The van der Waals surface area contributed by atoms with E-state index in [9.17, 15) is 0 Å². The number of rotatable bonds is 2. The summed E-state index contributed by atoms with van der Waals surface area (Å²) in [6, 6.07) is 5.75. The summed E-state index contributed by atoms with van der Waals surface area (Å²) in [5.41, 5.74) is 0.965. The maximum atomic E-state index is 4.08. The van der Waals surface area contributed by atoms with E-state index in [0.717, 1.165) is 5.69 Å². The first kappa shape index (κ1) is 7.91. The molecular formula is C6H8N2S2. The minimum atomic E-state index is 0.646. The van der Waals surface area contributed by atoms with E-state index in [2.05, 4.69) is 30.6 Å². The fourth-order valence-corrected chi connectivity index (χ4v) is 0.926. The van der Waals surface area contributed by atoms with Crippen molar-refractivity contribution in [2.45, 2.75) is 6.54 Å². The smallest absolute Gasteiger partial charge is 0.0621 e. The number of hydrogen-bond acceptors (Lipinski definition) is 4. The van der Waals surface area contributed by atoms with Crippen LogP contribution in [0.3, 0.4) is 0 Å². The van der Waals surface area contributed by atoms with Gasteiger partial charge in [-0.1, -0.05) is 31.7 Å². The van der Waals surface area contributed by atoms with Gasteiger partial charge in [-0.05, 0) is 12.1 Å². The van der Waals surface area contributed by atoms with Crippen molar-refractivity contribution >= 4 is 25.6 Å². The van der Waals surface area contributed by atoms with Crippen LogP contribution in [0.1, 0.15) is 5.69 Å². The molecule has 1 heterocycles. The van der Waals surface area contributed by atoms with Gasteiger partial charge in [0.2, 0.25) is 0 Å². The molecule has 0 spiro atoms. The Morgan fingerprint density at radius 2 is 2.20 bits per heavy atom. The molecule has 0 saturated carbocycles. The third-order valence-corrected chi connectivity index (χ3v) is 1.31. The summed E-state index contributed by atoms with van der Waals surface area (Å²) in [5, 5.41) is 0. The van der Waals surface area contributed by atoms with Crippen LogP contribution in [0, 0.1) is 0 Å². The normalized spacial score (nSPS) is 10.3. The van der Waals surface area contributed by atoms with Crippen LogP contribution in [0.4, 0.5) is 0 Å². The molecule has 0 aliphatic heterocycles. The molecule has 4 heteroatoms. The zero-order valence-corrected chi connectivity index (χ0v) is 7.09. The van der Waals surface area contributed by atoms with Crippen LogP contribution in [0.15, 0.2) is 24.4 Å². The van der Waals surface area contributed by atoms with Crippen molar-refractivity contribution in [3.63, 3.8) is 0 Å². The first-order chi connectivity index (χ1) is 4.79. The second-order valence-corrected chi connectivity index (χ2v) is 3.13. The SMILES string of the molecule is SN(S)Cc1ccccn1. The highest BCUT2D eigenvalue weighted by Gasteiger charge is 1.94. The van der Waals surface area contributed by atoms with Crippen molar-refractivity contribution in [2.75, 3.05) is 0 Å². The average Bonchev–Trinajstić information content (AvgIpc) is 1.88. The Morgan fingerprint density at radius 1 is 1.40 bits per heavy atom. The minimum Gasteiger partial charge on any atom is -0.260 e. The molecule has 2 nitrogen and oxygen atoms in total. The summed E-state index contributed by atoms with van der Waals surface area (Å²) in [7, 11) is 0. The Labute approximate surface area is 71.4 Å². The van der Waals surface area contributed by atoms with E-state index in [1.165, 1.54) is 3.71 Å². The van der Waals surface area contributed by atoms with Gasteiger partial charge in [-0.25, -0.2) is 0 Å². The summed E-state index contributed by atoms with van der Waals surface area (Å²) in [6.07, 6.45) is 1.75. The van der Waals surface area contributed by atoms with Gasteiger partial charge in [-0.15, -0.1) is 0 Å². The summed E-state index contributed by atoms with van der Waals surface area (Å²) in [6.45, 7) is 0.646. The summed E-state index contributed by atoms with van der Waals surface area (Å²) < 4.78 is 1.49. The Hall–Kier alpha value is -0.190. The number of hydrogen-bond donors (Lipinski definition) is 2. The lowest BCUT2D eigenvalue weighted by atomic mass is 10.4. The third kappa shape index (κ3) is 2.60. The van der Waals surface area contributed by atoms with Gasteiger partial charge in [0, 0.05) is 6.20 Å². The maximum Gasteiger partial charge on any atom is 0.0621 e. The molecule has 0 aliphatic rings. The van der Waals surface area contributed by atoms with Gasteiger partial charge in [-0.3, -0.25) is 4.98 Å². The van der Waals surface area contributed by atoms with Crippen LogP contribution in [-0.2, 0) is 6.54 Å². The monoisotopic (exact) mass is 172 g/mol. The highest BCUT2D eigenvalue weighted by Crippen LogP contribution is 2.04. The van der Waals surface area contributed by atoms with Gasteiger partial charge in [0.05, 0.1) is 12.2 Å². The Balaban J connectivity index is 2.59.